The first kappa shape index (κ1) is 37.5. The third kappa shape index (κ3) is 7.30. The van der Waals surface area contributed by atoms with Crippen molar-refractivity contribution in [2.75, 3.05) is 0 Å². The van der Waals surface area contributed by atoms with Gasteiger partial charge in [0.1, 0.15) is 11.4 Å². The number of nitrogens with zero attached hydrogens (tertiary/aromatic N) is 6. The number of para-hydroxylation sites is 4. The van der Waals surface area contributed by atoms with Crippen LogP contribution < -0.4 is 5.32 Å². The first-order valence-electron chi connectivity index (χ1n) is 20.1. The molecule has 6 aromatic heterocycles. The molecular formula is C49H41N11O. The number of aromatic amines is 4. The molecule has 11 rings (SSSR count). The molecule has 0 saturated carbocycles. The Morgan fingerprint density at radius 1 is 0.525 bits per heavy atom. The number of H-pyrrole nitrogens is 4. The molecule has 61 heavy (non-hydrogen) atoms. The minimum absolute atomic E-state index is 0.0230. The summed E-state index contributed by atoms with van der Waals surface area (Å²) in [5, 5.41) is 30.3. The molecule has 0 atom stereocenters. The first-order valence-corrected chi connectivity index (χ1v) is 20.1. The summed E-state index contributed by atoms with van der Waals surface area (Å²) in [6, 6.07) is 38.9. The van der Waals surface area contributed by atoms with Crippen molar-refractivity contribution in [2.24, 2.45) is 0 Å². The predicted molar refractivity (Wildman–Crippen MR) is 241 cm³/mol. The molecule has 0 aliphatic carbocycles. The summed E-state index contributed by atoms with van der Waals surface area (Å²) in [6.07, 6.45) is 7.43. The summed E-state index contributed by atoms with van der Waals surface area (Å²) in [7, 11) is 0. The van der Waals surface area contributed by atoms with E-state index in [1.807, 2.05) is 92.2 Å². The van der Waals surface area contributed by atoms with E-state index >= 15 is 0 Å². The summed E-state index contributed by atoms with van der Waals surface area (Å²) in [5.74, 6) is 1.50. The number of fused-ring (bicyclic) bond motifs is 4. The Bertz CT molecular complexity index is 3260. The van der Waals surface area contributed by atoms with Crippen LogP contribution in [0.5, 0.6) is 0 Å². The number of hydrogen-bond acceptors (Lipinski definition) is 8. The summed E-state index contributed by atoms with van der Waals surface area (Å²) < 4.78 is 0. The van der Waals surface area contributed by atoms with Crippen LogP contribution in [0.2, 0.25) is 0 Å². The Labute approximate surface area is 350 Å². The van der Waals surface area contributed by atoms with E-state index in [4.69, 9.17) is 4.98 Å². The number of aliphatic hydroxyl groups is 1. The van der Waals surface area contributed by atoms with Crippen LogP contribution in [0.25, 0.3) is 89.2 Å². The van der Waals surface area contributed by atoms with Crippen LogP contribution in [-0.2, 0) is 19.7 Å². The lowest BCUT2D eigenvalue weighted by Gasteiger charge is -2.12. The second kappa shape index (κ2) is 16.1. The number of benzene rings is 5. The van der Waals surface area contributed by atoms with Gasteiger partial charge in [-0.05, 0) is 101 Å². The lowest BCUT2D eigenvalue weighted by atomic mass is 9.98. The average Bonchev–Trinajstić information content (AvgIpc) is 4.12. The fraction of sp³-hybridized carbons (Fsp3) is 0.102. The molecule has 0 saturated heterocycles. The van der Waals surface area contributed by atoms with E-state index in [0.29, 0.717) is 0 Å². The molecule has 6 N–H and O–H groups in total. The van der Waals surface area contributed by atoms with Crippen LogP contribution in [0.4, 0.5) is 0 Å². The summed E-state index contributed by atoms with van der Waals surface area (Å²) in [5.41, 5.74) is 17.2. The SMILES string of the molecule is Cc1c(CNCc2ccccc2)cncc1-c1ccc2[nH]nc(-c3nc4ccccc4[nH]3)c2c1.Cc1c(CO)cncc1-c1ccc2[nH]nc(-c3nc4ccccc4[nH]3)c2c1. The Hall–Kier alpha value is -7.80. The maximum Gasteiger partial charge on any atom is 0.159 e. The van der Waals surface area contributed by atoms with Gasteiger partial charge in [0.15, 0.2) is 11.6 Å². The van der Waals surface area contributed by atoms with Gasteiger partial charge in [0.25, 0.3) is 0 Å². The van der Waals surface area contributed by atoms with Gasteiger partial charge in [0.05, 0.1) is 39.7 Å². The third-order valence-corrected chi connectivity index (χ3v) is 11.3. The molecule has 0 unspecified atom stereocenters. The van der Waals surface area contributed by atoms with E-state index in [1.165, 1.54) is 16.7 Å². The molecule has 0 bridgehead atoms. The summed E-state index contributed by atoms with van der Waals surface area (Å²) in [4.78, 5) is 25.0. The normalized spacial score (nSPS) is 11.5. The second-order valence-corrected chi connectivity index (χ2v) is 15.1. The van der Waals surface area contributed by atoms with Gasteiger partial charge < -0.3 is 20.4 Å². The van der Waals surface area contributed by atoms with Gasteiger partial charge in [0, 0.05) is 59.8 Å². The maximum atomic E-state index is 9.52. The smallest absolute Gasteiger partial charge is 0.159 e. The average molecular weight is 800 g/mol. The number of aromatic nitrogens is 10. The molecule has 298 valence electrons. The van der Waals surface area contributed by atoms with Gasteiger partial charge in [-0.1, -0.05) is 66.7 Å². The molecule has 0 spiro atoms. The van der Waals surface area contributed by atoms with Crippen LogP contribution in [0.3, 0.4) is 0 Å². The number of pyridine rings is 2. The Balaban J connectivity index is 0.000000150. The molecule has 5 aromatic carbocycles. The molecule has 12 nitrogen and oxygen atoms in total. The zero-order valence-corrected chi connectivity index (χ0v) is 33.5. The van der Waals surface area contributed by atoms with Crippen molar-refractivity contribution in [3.05, 3.63) is 168 Å². The molecule has 0 fully saturated rings. The van der Waals surface area contributed by atoms with Gasteiger partial charge >= 0.3 is 0 Å². The van der Waals surface area contributed by atoms with Crippen molar-refractivity contribution in [1.29, 1.82) is 0 Å². The Morgan fingerprint density at radius 3 is 1.57 bits per heavy atom. The predicted octanol–water partition coefficient (Wildman–Crippen LogP) is 9.74. The second-order valence-electron chi connectivity index (χ2n) is 15.1. The van der Waals surface area contributed by atoms with Crippen molar-refractivity contribution in [2.45, 2.75) is 33.5 Å². The molecule has 0 aliphatic heterocycles. The zero-order valence-electron chi connectivity index (χ0n) is 33.5. The van der Waals surface area contributed by atoms with Crippen LogP contribution in [0.1, 0.15) is 27.8 Å². The lowest BCUT2D eigenvalue weighted by Crippen LogP contribution is -2.14. The maximum absolute atomic E-state index is 9.52. The number of hydrogen-bond donors (Lipinski definition) is 6. The van der Waals surface area contributed by atoms with Crippen molar-refractivity contribution < 1.29 is 5.11 Å². The van der Waals surface area contributed by atoms with Gasteiger partial charge in [-0.25, -0.2) is 9.97 Å². The minimum atomic E-state index is -0.0230. The highest BCUT2D eigenvalue weighted by molar-refractivity contribution is 5.97. The lowest BCUT2D eigenvalue weighted by molar-refractivity contribution is 0.280. The first-order chi connectivity index (χ1) is 30.0. The highest BCUT2D eigenvalue weighted by atomic mass is 16.3. The molecule has 6 heterocycles. The van der Waals surface area contributed by atoms with E-state index in [0.717, 1.165) is 113 Å². The molecule has 0 aliphatic rings. The van der Waals surface area contributed by atoms with Crippen LogP contribution in [0.15, 0.2) is 140 Å². The molecule has 0 amide bonds. The zero-order chi connectivity index (χ0) is 41.3. The van der Waals surface area contributed by atoms with Gasteiger partial charge in [0.2, 0.25) is 0 Å². The highest BCUT2D eigenvalue weighted by Crippen LogP contribution is 2.34. The topological polar surface area (TPSA) is 173 Å². The standard InChI is InChI=1S/C28H24N6.C21H17N5O/c1-18-21(15-29-14-19-7-3-2-4-8-19)16-30-17-23(18)20-11-12-24-22(13-20)27(34-33-24)28-31-25-9-5-6-10-26(25)32-28;1-12-14(11-27)9-22-10-16(12)13-6-7-17-15(8-13)20(26-25-17)21-23-18-4-2-3-5-19(18)24-21/h2-13,16-17,29H,14-15H2,1H3,(H,31,32)(H,33,34);2-10,27H,11H2,1H3,(H,23,24)(H,25,26). The number of nitrogens with one attached hydrogen (secondary N) is 5. The number of aliphatic hydroxyl groups excluding tert-OH is 1. The minimum Gasteiger partial charge on any atom is -0.392 e. The van der Waals surface area contributed by atoms with E-state index in [9.17, 15) is 5.11 Å². The monoisotopic (exact) mass is 799 g/mol. The Kier molecular flexibility index (Phi) is 9.89. The molecule has 12 heteroatoms. The van der Waals surface area contributed by atoms with Gasteiger partial charge in [-0.2, -0.15) is 10.2 Å². The fourth-order valence-corrected chi connectivity index (χ4v) is 7.85. The molecular weight excluding hydrogens is 759 g/mol. The molecule has 11 aromatic rings. The van der Waals surface area contributed by atoms with Crippen LogP contribution >= 0.6 is 0 Å². The number of rotatable bonds is 9. The fourth-order valence-electron chi connectivity index (χ4n) is 7.85. The van der Waals surface area contributed by atoms with E-state index in [-0.39, 0.29) is 6.61 Å². The van der Waals surface area contributed by atoms with Crippen molar-refractivity contribution >= 4 is 43.9 Å². The van der Waals surface area contributed by atoms with Gasteiger partial charge in [-0.3, -0.25) is 20.2 Å². The number of imidazole rings is 2. The van der Waals surface area contributed by atoms with Crippen LogP contribution in [0, 0.1) is 13.8 Å². The van der Waals surface area contributed by atoms with E-state index in [2.05, 4.69) is 106 Å². The van der Waals surface area contributed by atoms with E-state index in [1.54, 1.807) is 6.20 Å². The molecule has 0 radical (unpaired) electrons. The van der Waals surface area contributed by atoms with Crippen molar-refractivity contribution in [3.8, 4) is 45.3 Å². The Morgan fingerprint density at radius 2 is 1.03 bits per heavy atom. The van der Waals surface area contributed by atoms with Crippen molar-refractivity contribution in [3.63, 3.8) is 0 Å². The van der Waals surface area contributed by atoms with Crippen LogP contribution in [-0.4, -0.2) is 55.4 Å². The largest absolute Gasteiger partial charge is 0.392 e. The quantitative estimate of drug-likeness (QED) is 0.0837. The summed E-state index contributed by atoms with van der Waals surface area (Å²) in [6.45, 7) is 5.73. The van der Waals surface area contributed by atoms with Gasteiger partial charge in [-0.15, -0.1) is 0 Å². The third-order valence-electron chi connectivity index (χ3n) is 11.3. The van der Waals surface area contributed by atoms with Crippen molar-refractivity contribution in [1.82, 2.24) is 55.6 Å². The highest BCUT2D eigenvalue weighted by Gasteiger charge is 2.17. The van der Waals surface area contributed by atoms with E-state index < -0.39 is 0 Å². The summed E-state index contributed by atoms with van der Waals surface area (Å²) >= 11 is 0.